The summed E-state index contributed by atoms with van der Waals surface area (Å²) in [6.07, 6.45) is 1.71. The first-order valence-corrected chi connectivity index (χ1v) is 6.13. The quantitative estimate of drug-likeness (QED) is 0.701. The van der Waals surface area contributed by atoms with Gasteiger partial charge in [-0.2, -0.15) is 0 Å². The Morgan fingerprint density at radius 1 is 1.53 bits per heavy atom. The van der Waals surface area contributed by atoms with Crippen molar-refractivity contribution in [2.24, 2.45) is 4.99 Å². The molecule has 17 heavy (non-hydrogen) atoms. The molecule has 1 rings (SSSR count). The fourth-order valence-electron chi connectivity index (χ4n) is 1.89. The van der Waals surface area contributed by atoms with Gasteiger partial charge in [0, 0.05) is 0 Å². The third-order valence-corrected chi connectivity index (χ3v) is 2.64. The number of carbonyl (C=O) groups excluding carboxylic acids is 1. The Balaban J connectivity index is 2.84. The van der Waals surface area contributed by atoms with Gasteiger partial charge in [-0.05, 0) is 27.2 Å². The Morgan fingerprint density at radius 3 is 2.65 bits per heavy atom. The molecule has 0 saturated heterocycles. The van der Waals surface area contributed by atoms with Crippen molar-refractivity contribution in [2.45, 2.75) is 58.3 Å². The van der Waals surface area contributed by atoms with Gasteiger partial charge in [0.1, 0.15) is 12.2 Å². The number of nitrogens with one attached hydrogen (secondary N) is 1. The van der Waals surface area contributed by atoms with Gasteiger partial charge >= 0.3 is 5.97 Å². The molecule has 0 amide bonds. The summed E-state index contributed by atoms with van der Waals surface area (Å²) in [4.78, 5) is 16.2. The number of nitrogens with zero attached hydrogens (tertiary/aromatic N) is 1. The van der Waals surface area contributed by atoms with Crippen LogP contribution >= 0.6 is 0 Å². The molecule has 0 radical (unpaired) electrons. The van der Waals surface area contributed by atoms with Crippen LogP contribution in [0.1, 0.15) is 40.5 Å². The highest BCUT2D eigenvalue weighted by atomic mass is 16.5. The average Bonchev–Trinajstić information content (AvgIpc) is 2.62. The zero-order valence-electron chi connectivity index (χ0n) is 11.0. The first kappa shape index (κ1) is 14.1. The molecule has 0 aromatic rings. The number of rotatable bonds is 5. The summed E-state index contributed by atoms with van der Waals surface area (Å²) < 4.78 is 4.98. The number of esters is 1. The summed E-state index contributed by atoms with van der Waals surface area (Å²) in [6, 6.07) is -0.619. The summed E-state index contributed by atoms with van der Waals surface area (Å²) in [5, 5.41) is 13.1. The van der Waals surface area contributed by atoms with Crippen molar-refractivity contribution in [3.05, 3.63) is 0 Å². The van der Waals surface area contributed by atoms with E-state index >= 15 is 0 Å². The average molecular weight is 242 g/mol. The Morgan fingerprint density at radius 2 is 2.18 bits per heavy atom. The van der Waals surface area contributed by atoms with Gasteiger partial charge in [-0.1, -0.05) is 13.3 Å². The van der Waals surface area contributed by atoms with E-state index in [4.69, 9.17) is 4.74 Å². The van der Waals surface area contributed by atoms with Gasteiger partial charge in [0.05, 0.1) is 17.9 Å². The first-order chi connectivity index (χ1) is 7.90. The monoisotopic (exact) mass is 242 g/mol. The second kappa shape index (κ2) is 5.60. The molecular weight excluding hydrogens is 220 g/mol. The third kappa shape index (κ3) is 3.51. The molecule has 5 heteroatoms. The molecule has 0 aromatic carbocycles. The van der Waals surface area contributed by atoms with Crippen LogP contribution in [0.25, 0.3) is 0 Å². The van der Waals surface area contributed by atoms with Crippen molar-refractivity contribution in [3.63, 3.8) is 0 Å². The predicted molar refractivity (Wildman–Crippen MR) is 66.0 cm³/mol. The molecule has 2 atom stereocenters. The lowest BCUT2D eigenvalue weighted by atomic mass is 9.97. The van der Waals surface area contributed by atoms with E-state index in [0.717, 1.165) is 12.8 Å². The zero-order chi connectivity index (χ0) is 13.1. The standard InChI is InChI=1S/C12H22N2O3/c1-5-7-8-13-9(11(15)17-6-2)10(14-8)12(3,4)16/h8-9,13,16H,5-7H2,1-4H3/t8-,9-/m0/s1. The predicted octanol–water partition coefficient (Wildman–Crippen LogP) is 0.859. The van der Waals surface area contributed by atoms with Gasteiger partial charge < -0.3 is 9.84 Å². The smallest absolute Gasteiger partial charge is 0.329 e. The van der Waals surface area contributed by atoms with E-state index in [9.17, 15) is 9.90 Å². The molecule has 5 nitrogen and oxygen atoms in total. The Labute approximate surface area is 102 Å². The molecule has 1 aliphatic rings. The molecule has 0 spiro atoms. The molecular formula is C12H22N2O3. The van der Waals surface area contributed by atoms with Crippen molar-refractivity contribution in [2.75, 3.05) is 6.61 Å². The van der Waals surface area contributed by atoms with Gasteiger partial charge in [-0.15, -0.1) is 0 Å². The van der Waals surface area contributed by atoms with E-state index in [1.54, 1.807) is 20.8 Å². The molecule has 1 heterocycles. The molecule has 0 aromatic heterocycles. The van der Waals surface area contributed by atoms with Gasteiger partial charge in [0.2, 0.25) is 0 Å². The topological polar surface area (TPSA) is 70.9 Å². The summed E-state index contributed by atoms with van der Waals surface area (Å²) in [7, 11) is 0. The number of aliphatic hydroxyl groups is 1. The zero-order valence-corrected chi connectivity index (χ0v) is 11.0. The van der Waals surface area contributed by atoms with Gasteiger partial charge in [0.15, 0.2) is 0 Å². The van der Waals surface area contributed by atoms with Crippen LogP contribution in [-0.4, -0.2) is 41.2 Å². The summed E-state index contributed by atoms with van der Waals surface area (Å²) in [6.45, 7) is 7.41. The maximum absolute atomic E-state index is 11.8. The van der Waals surface area contributed by atoms with Crippen LogP contribution in [0.2, 0.25) is 0 Å². The molecule has 0 bridgehead atoms. The summed E-state index contributed by atoms with van der Waals surface area (Å²) in [5.74, 6) is -0.369. The molecule has 0 aliphatic carbocycles. The Hall–Kier alpha value is -0.940. The summed E-state index contributed by atoms with van der Waals surface area (Å²) >= 11 is 0. The second-order valence-electron chi connectivity index (χ2n) is 4.73. The van der Waals surface area contributed by atoms with Gasteiger partial charge in [-0.3, -0.25) is 10.3 Å². The first-order valence-electron chi connectivity index (χ1n) is 6.13. The number of hydrogen-bond donors (Lipinski definition) is 2. The minimum Gasteiger partial charge on any atom is -0.465 e. The lowest BCUT2D eigenvalue weighted by Gasteiger charge is -2.22. The van der Waals surface area contributed by atoms with Crippen LogP contribution in [0.4, 0.5) is 0 Å². The number of aliphatic imine (C=N–C) groups is 1. The molecule has 98 valence electrons. The number of carbonyl (C=O) groups is 1. The lowest BCUT2D eigenvalue weighted by molar-refractivity contribution is -0.143. The van der Waals surface area contributed by atoms with Crippen LogP contribution in [0.5, 0.6) is 0 Å². The third-order valence-electron chi connectivity index (χ3n) is 2.64. The van der Waals surface area contributed by atoms with Crippen molar-refractivity contribution in [1.82, 2.24) is 5.32 Å². The maximum atomic E-state index is 11.8. The molecule has 1 aliphatic heterocycles. The fraction of sp³-hybridized carbons (Fsp3) is 0.833. The number of ether oxygens (including phenoxy) is 1. The Bertz CT molecular complexity index is 307. The Kier molecular flexibility index (Phi) is 4.65. The highest BCUT2D eigenvalue weighted by Crippen LogP contribution is 2.19. The van der Waals surface area contributed by atoms with Gasteiger partial charge in [0.25, 0.3) is 0 Å². The van der Waals surface area contributed by atoms with E-state index < -0.39 is 11.6 Å². The molecule has 0 saturated carbocycles. The number of hydrogen-bond acceptors (Lipinski definition) is 5. The highest BCUT2D eigenvalue weighted by Gasteiger charge is 2.40. The van der Waals surface area contributed by atoms with Crippen molar-refractivity contribution in [1.29, 1.82) is 0 Å². The minimum atomic E-state index is -1.10. The molecule has 2 N–H and O–H groups in total. The molecule has 0 fully saturated rings. The largest absolute Gasteiger partial charge is 0.465 e. The van der Waals surface area contributed by atoms with Crippen LogP contribution in [-0.2, 0) is 9.53 Å². The van der Waals surface area contributed by atoms with E-state index in [2.05, 4.69) is 17.2 Å². The maximum Gasteiger partial charge on any atom is 0.329 e. The minimum absolute atomic E-state index is 0.101. The lowest BCUT2D eigenvalue weighted by Crippen LogP contribution is -2.49. The van der Waals surface area contributed by atoms with E-state index in [-0.39, 0.29) is 12.1 Å². The van der Waals surface area contributed by atoms with Crippen LogP contribution in [0.15, 0.2) is 4.99 Å². The van der Waals surface area contributed by atoms with Crippen LogP contribution in [0, 0.1) is 0 Å². The van der Waals surface area contributed by atoms with Crippen LogP contribution in [0.3, 0.4) is 0 Å². The van der Waals surface area contributed by atoms with E-state index in [1.165, 1.54) is 0 Å². The van der Waals surface area contributed by atoms with Crippen molar-refractivity contribution in [3.8, 4) is 0 Å². The summed E-state index contributed by atoms with van der Waals surface area (Å²) in [5.41, 5.74) is -0.637. The van der Waals surface area contributed by atoms with E-state index in [1.807, 2.05) is 0 Å². The van der Waals surface area contributed by atoms with Crippen LogP contribution < -0.4 is 5.32 Å². The SMILES string of the molecule is CCC[C@@H]1N=C(C(C)(C)O)[C@@H](C(=O)OCC)N1. The van der Waals surface area contributed by atoms with E-state index in [0.29, 0.717) is 12.3 Å². The second-order valence-corrected chi connectivity index (χ2v) is 4.73. The van der Waals surface area contributed by atoms with Gasteiger partial charge in [-0.25, -0.2) is 4.79 Å². The van der Waals surface area contributed by atoms with Crippen molar-refractivity contribution >= 4 is 11.7 Å². The molecule has 0 unspecified atom stereocenters. The fourth-order valence-corrected chi connectivity index (χ4v) is 1.89. The highest BCUT2D eigenvalue weighted by molar-refractivity contribution is 6.11. The normalized spacial score (nSPS) is 24.6. The van der Waals surface area contributed by atoms with Crippen molar-refractivity contribution < 1.29 is 14.6 Å².